The summed E-state index contributed by atoms with van der Waals surface area (Å²) in [7, 11) is 0. The van der Waals surface area contributed by atoms with Crippen molar-refractivity contribution in [3.05, 3.63) is 170 Å². The molecule has 2 aromatic heterocycles. The molecule has 0 aliphatic heterocycles. The van der Waals surface area contributed by atoms with E-state index in [2.05, 4.69) is 179 Å². The Bertz CT molecular complexity index is 2460. The van der Waals surface area contributed by atoms with Gasteiger partial charge in [-0.1, -0.05) is 115 Å². The maximum atomic E-state index is 2.42. The summed E-state index contributed by atoms with van der Waals surface area (Å²) in [5, 5.41) is 5.07. The molecule has 0 unspecified atom stereocenters. The molecule has 0 spiro atoms. The van der Waals surface area contributed by atoms with Gasteiger partial charge < -0.3 is 9.13 Å². The monoisotopic (exact) mass is 560 g/mol. The molecule has 0 bridgehead atoms. The molecule has 0 saturated heterocycles. The van der Waals surface area contributed by atoms with E-state index < -0.39 is 0 Å². The van der Waals surface area contributed by atoms with E-state index in [1.54, 1.807) is 0 Å². The van der Waals surface area contributed by atoms with Crippen LogP contribution in [-0.4, -0.2) is 9.13 Å². The van der Waals surface area contributed by atoms with Crippen LogP contribution >= 0.6 is 0 Å². The van der Waals surface area contributed by atoms with Crippen molar-refractivity contribution >= 4 is 43.6 Å². The topological polar surface area (TPSA) is 9.86 Å². The summed E-state index contributed by atoms with van der Waals surface area (Å²) in [6.07, 6.45) is 0. The SMILES string of the molecule is c1ccc(-c2cccc(-c3ccc(-n4c5ccccc5c5cc6c7ccccc7n(-c7ccccc7)c6cc54)cc3)c2)cc1. The van der Waals surface area contributed by atoms with Gasteiger partial charge in [0.2, 0.25) is 0 Å². The number of rotatable bonds is 4. The van der Waals surface area contributed by atoms with E-state index in [-0.39, 0.29) is 0 Å². The average molecular weight is 561 g/mol. The van der Waals surface area contributed by atoms with Crippen molar-refractivity contribution < 1.29 is 0 Å². The zero-order valence-corrected chi connectivity index (χ0v) is 24.1. The van der Waals surface area contributed by atoms with Crippen LogP contribution in [0.3, 0.4) is 0 Å². The highest BCUT2D eigenvalue weighted by atomic mass is 15.0. The van der Waals surface area contributed by atoms with Crippen molar-refractivity contribution in [3.8, 4) is 33.6 Å². The molecule has 2 heterocycles. The van der Waals surface area contributed by atoms with Gasteiger partial charge in [-0.2, -0.15) is 0 Å². The molecule has 0 atom stereocenters. The summed E-state index contributed by atoms with van der Waals surface area (Å²) in [5.74, 6) is 0. The zero-order chi connectivity index (χ0) is 29.0. The molecule has 2 heteroatoms. The molecule has 44 heavy (non-hydrogen) atoms. The van der Waals surface area contributed by atoms with Gasteiger partial charge in [0, 0.05) is 32.9 Å². The summed E-state index contributed by atoms with van der Waals surface area (Å²) >= 11 is 0. The highest BCUT2D eigenvalue weighted by Gasteiger charge is 2.18. The second kappa shape index (κ2) is 9.86. The van der Waals surface area contributed by atoms with Gasteiger partial charge in [-0.3, -0.25) is 0 Å². The van der Waals surface area contributed by atoms with Crippen LogP contribution in [-0.2, 0) is 0 Å². The third-order valence-corrected chi connectivity index (χ3v) is 8.91. The van der Waals surface area contributed by atoms with Crippen LogP contribution in [0, 0.1) is 0 Å². The first-order valence-corrected chi connectivity index (χ1v) is 15.1. The number of fused-ring (bicyclic) bond motifs is 6. The standard InChI is InChI=1S/C42H28N2/c1-3-12-29(13-4-1)31-14-11-15-32(26-31)30-22-24-34(25-23-30)44-40-21-10-8-19-36(40)38-27-37-35-18-7-9-20-39(35)43(41(37)28-42(38)44)33-16-5-2-6-17-33/h1-28H. The second-order valence-electron chi connectivity index (χ2n) is 11.4. The smallest absolute Gasteiger partial charge is 0.0562 e. The van der Waals surface area contributed by atoms with E-state index in [0.29, 0.717) is 0 Å². The fourth-order valence-corrected chi connectivity index (χ4v) is 6.88. The van der Waals surface area contributed by atoms with E-state index in [1.165, 1.54) is 71.6 Å². The predicted octanol–water partition coefficient (Wildman–Crippen LogP) is 11.2. The first-order chi connectivity index (χ1) is 21.8. The second-order valence-corrected chi connectivity index (χ2v) is 11.4. The Kier molecular flexibility index (Phi) is 5.54. The Morgan fingerprint density at radius 1 is 0.250 bits per heavy atom. The molecule has 9 rings (SSSR count). The predicted molar refractivity (Wildman–Crippen MR) is 186 cm³/mol. The molecule has 0 amide bonds. The van der Waals surface area contributed by atoms with Crippen molar-refractivity contribution in [1.29, 1.82) is 0 Å². The average Bonchev–Trinajstić information content (AvgIpc) is 3.60. The largest absolute Gasteiger partial charge is 0.309 e. The van der Waals surface area contributed by atoms with E-state index >= 15 is 0 Å². The minimum absolute atomic E-state index is 1.15. The van der Waals surface area contributed by atoms with Crippen LogP contribution in [0.25, 0.3) is 77.2 Å². The summed E-state index contributed by atoms with van der Waals surface area (Å²) < 4.78 is 4.82. The van der Waals surface area contributed by atoms with Crippen LogP contribution in [0.2, 0.25) is 0 Å². The molecule has 9 aromatic rings. The Morgan fingerprint density at radius 3 is 1.30 bits per heavy atom. The maximum Gasteiger partial charge on any atom is 0.0562 e. The number of para-hydroxylation sites is 3. The zero-order valence-electron chi connectivity index (χ0n) is 24.1. The normalized spacial score (nSPS) is 11.6. The third kappa shape index (κ3) is 3.82. The Labute approximate surface area is 255 Å². The van der Waals surface area contributed by atoms with Crippen molar-refractivity contribution in [3.63, 3.8) is 0 Å². The number of hydrogen-bond acceptors (Lipinski definition) is 0. The molecule has 0 aliphatic rings. The van der Waals surface area contributed by atoms with E-state index in [4.69, 9.17) is 0 Å². The lowest BCUT2D eigenvalue weighted by atomic mass is 9.99. The minimum Gasteiger partial charge on any atom is -0.309 e. The number of aromatic nitrogens is 2. The number of benzene rings is 7. The van der Waals surface area contributed by atoms with Crippen molar-refractivity contribution in [2.24, 2.45) is 0 Å². The van der Waals surface area contributed by atoms with Crippen molar-refractivity contribution in [2.45, 2.75) is 0 Å². The fraction of sp³-hybridized carbons (Fsp3) is 0. The van der Waals surface area contributed by atoms with Crippen LogP contribution in [0.5, 0.6) is 0 Å². The quantitative estimate of drug-likeness (QED) is 0.203. The molecule has 0 radical (unpaired) electrons. The van der Waals surface area contributed by atoms with Gasteiger partial charge in [0.15, 0.2) is 0 Å². The van der Waals surface area contributed by atoms with E-state index in [0.717, 1.165) is 5.69 Å². The lowest BCUT2D eigenvalue weighted by Gasteiger charge is -2.11. The first kappa shape index (κ1) is 24.7. The Balaban J connectivity index is 1.25. The van der Waals surface area contributed by atoms with Gasteiger partial charge >= 0.3 is 0 Å². The van der Waals surface area contributed by atoms with Gasteiger partial charge in [0.1, 0.15) is 0 Å². The molecule has 0 N–H and O–H groups in total. The van der Waals surface area contributed by atoms with Crippen LogP contribution in [0.1, 0.15) is 0 Å². The van der Waals surface area contributed by atoms with E-state index in [1.807, 2.05) is 0 Å². The number of hydrogen-bond donors (Lipinski definition) is 0. The molecule has 2 nitrogen and oxygen atoms in total. The molecule has 7 aromatic carbocycles. The maximum absolute atomic E-state index is 2.42. The van der Waals surface area contributed by atoms with Crippen molar-refractivity contribution in [2.75, 3.05) is 0 Å². The van der Waals surface area contributed by atoms with Gasteiger partial charge in [-0.25, -0.2) is 0 Å². The number of nitrogens with zero attached hydrogens (tertiary/aromatic N) is 2. The summed E-state index contributed by atoms with van der Waals surface area (Å²) in [6, 6.07) is 61.4. The molecular formula is C42H28N2. The molecule has 0 fully saturated rings. The first-order valence-electron chi connectivity index (χ1n) is 15.1. The molecule has 0 aliphatic carbocycles. The molecule has 206 valence electrons. The van der Waals surface area contributed by atoms with Crippen LogP contribution in [0.4, 0.5) is 0 Å². The summed E-state index contributed by atoms with van der Waals surface area (Å²) in [6.45, 7) is 0. The minimum atomic E-state index is 1.15. The highest BCUT2D eigenvalue weighted by Crippen LogP contribution is 2.39. The Hall–Kier alpha value is -5.86. The van der Waals surface area contributed by atoms with Crippen LogP contribution in [0.15, 0.2) is 170 Å². The fourth-order valence-electron chi connectivity index (χ4n) is 6.88. The van der Waals surface area contributed by atoms with Gasteiger partial charge in [0.25, 0.3) is 0 Å². The molecular weight excluding hydrogens is 532 g/mol. The third-order valence-electron chi connectivity index (χ3n) is 8.91. The van der Waals surface area contributed by atoms with Gasteiger partial charge in [0.05, 0.1) is 22.1 Å². The van der Waals surface area contributed by atoms with E-state index in [9.17, 15) is 0 Å². The Morgan fingerprint density at radius 2 is 0.705 bits per heavy atom. The van der Waals surface area contributed by atoms with Gasteiger partial charge in [-0.05, 0) is 76.9 Å². The van der Waals surface area contributed by atoms with Gasteiger partial charge in [-0.15, -0.1) is 0 Å². The van der Waals surface area contributed by atoms with Crippen molar-refractivity contribution in [1.82, 2.24) is 9.13 Å². The highest BCUT2D eigenvalue weighted by molar-refractivity contribution is 6.19. The lowest BCUT2D eigenvalue weighted by Crippen LogP contribution is -1.95. The summed E-state index contributed by atoms with van der Waals surface area (Å²) in [5.41, 5.74) is 12.1. The van der Waals surface area contributed by atoms with Crippen LogP contribution < -0.4 is 0 Å². The molecule has 0 saturated carbocycles. The lowest BCUT2D eigenvalue weighted by molar-refractivity contribution is 1.16. The summed E-state index contributed by atoms with van der Waals surface area (Å²) in [4.78, 5) is 0.